The van der Waals surface area contributed by atoms with Crippen molar-refractivity contribution in [3.05, 3.63) is 50.0 Å². The zero-order chi connectivity index (χ0) is 13.3. The average molecular weight is 323 g/mol. The second-order valence-electron chi connectivity index (χ2n) is 3.56. The number of hydrogen-bond acceptors (Lipinski definition) is 2. The van der Waals surface area contributed by atoms with Crippen LogP contribution in [-0.2, 0) is 6.61 Å². The number of aliphatic hydroxyl groups is 1. The van der Waals surface area contributed by atoms with E-state index in [1.807, 2.05) is 0 Å². The molecule has 2 nitrogen and oxygen atoms in total. The van der Waals surface area contributed by atoms with E-state index in [1.165, 1.54) is 0 Å². The van der Waals surface area contributed by atoms with Crippen molar-refractivity contribution in [3.63, 3.8) is 0 Å². The van der Waals surface area contributed by atoms with Crippen LogP contribution in [0.5, 0.6) is 0 Å². The summed E-state index contributed by atoms with van der Waals surface area (Å²) in [6, 6.07) is 6.61. The van der Waals surface area contributed by atoms with Crippen molar-refractivity contribution in [2.24, 2.45) is 0 Å². The maximum absolute atomic E-state index is 9.13. The van der Waals surface area contributed by atoms with Crippen molar-refractivity contribution in [3.8, 4) is 11.3 Å². The minimum atomic E-state index is -0.131. The number of hydrogen-bond donors (Lipinski definition) is 1. The van der Waals surface area contributed by atoms with Crippen LogP contribution in [0.4, 0.5) is 0 Å². The first-order chi connectivity index (χ1) is 8.52. The van der Waals surface area contributed by atoms with Crippen LogP contribution >= 0.6 is 46.4 Å². The van der Waals surface area contributed by atoms with Gasteiger partial charge in [0.1, 0.15) is 5.15 Å². The fraction of sp³-hybridized carbons (Fsp3) is 0.0833. The van der Waals surface area contributed by atoms with Crippen LogP contribution in [0.15, 0.2) is 24.3 Å². The van der Waals surface area contributed by atoms with Crippen LogP contribution in [0, 0.1) is 0 Å². The van der Waals surface area contributed by atoms with E-state index in [0.29, 0.717) is 26.9 Å². The van der Waals surface area contributed by atoms with Gasteiger partial charge in [0, 0.05) is 5.56 Å². The predicted molar refractivity (Wildman–Crippen MR) is 75.6 cm³/mol. The van der Waals surface area contributed by atoms with Gasteiger partial charge in [0.25, 0.3) is 0 Å². The average Bonchev–Trinajstić information content (AvgIpc) is 2.35. The van der Waals surface area contributed by atoms with Crippen LogP contribution in [0.3, 0.4) is 0 Å². The van der Waals surface area contributed by atoms with Crippen molar-refractivity contribution < 1.29 is 5.11 Å². The van der Waals surface area contributed by atoms with Gasteiger partial charge in [0.2, 0.25) is 0 Å². The normalized spacial score (nSPS) is 10.7. The quantitative estimate of drug-likeness (QED) is 0.633. The molecule has 0 amide bonds. The van der Waals surface area contributed by atoms with Gasteiger partial charge in [-0.05, 0) is 29.8 Å². The Hall–Kier alpha value is -0.510. The van der Waals surface area contributed by atoms with Gasteiger partial charge in [0.15, 0.2) is 0 Å². The molecule has 1 N–H and O–H groups in total. The Labute approximate surface area is 124 Å². The number of nitrogens with zero attached hydrogens (tertiary/aromatic N) is 1. The Morgan fingerprint density at radius 3 is 2.39 bits per heavy atom. The largest absolute Gasteiger partial charge is 0.392 e. The maximum Gasteiger partial charge on any atom is 0.130 e. The zero-order valence-corrected chi connectivity index (χ0v) is 11.9. The molecule has 0 radical (unpaired) electrons. The SMILES string of the molecule is OCc1cc(Cl)nc(-c2ccc(Cl)c(Cl)c2Cl)c1. The van der Waals surface area contributed by atoms with Crippen molar-refractivity contribution in [2.45, 2.75) is 6.61 Å². The Morgan fingerprint density at radius 1 is 1.00 bits per heavy atom. The lowest BCUT2D eigenvalue weighted by molar-refractivity contribution is 0.282. The van der Waals surface area contributed by atoms with Crippen LogP contribution in [0.25, 0.3) is 11.3 Å². The van der Waals surface area contributed by atoms with Gasteiger partial charge < -0.3 is 5.11 Å². The highest BCUT2D eigenvalue weighted by molar-refractivity contribution is 6.49. The molecule has 0 saturated heterocycles. The molecule has 0 saturated carbocycles. The molecule has 2 aromatic rings. The van der Waals surface area contributed by atoms with Gasteiger partial charge in [-0.15, -0.1) is 0 Å². The lowest BCUT2D eigenvalue weighted by Gasteiger charge is -2.08. The molecule has 1 aromatic carbocycles. The van der Waals surface area contributed by atoms with Crippen LogP contribution in [0.2, 0.25) is 20.2 Å². The molecule has 1 heterocycles. The molecule has 94 valence electrons. The second kappa shape index (κ2) is 5.64. The van der Waals surface area contributed by atoms with E-state index in [4.69, 9.17) is 51.5 Å². The fourth-order valence-corrected chi connectivity index (χ4v) is 2.37. The Morgan fingerprint density at radius 2 is 1.72 bits per heavy atom. The second-order valence-corrected chi connectivity index (χ2v) is 5.11. The Balaban J connectivity index is 2.62. The molecule has 18 heavy (non-hydrogen) atoms. The van der Waals surface area contributed by atoms with E-state index < -0.39 is 0 Å². The molecule has 6 heteroatoms. The Kier molecular flexibility index (Phi) is 4.36. The van der Waals surface area contributed by atoms with E-state index in [2.05, 4.69) is 4.98 Å². The molecular formula is C12H7Cl4NO. The molecule has 0 spiro atoms. The standard InChI is InChI=1S/C12H7Cl4NO/c13-8-2-1-7(11(15)12(8)16)9-3-6(5-18)4-10(14)17-9/h1-4,18H,5H2. The fourth-order valence-electron chi connectivity index (χ4n) is 1.50. The third-order valence-electron chi connectivity index (χ3n) is 2.35. The highest BCUT2D eigenvalue weighted by Crippen LogP contribution is 2.37. The minimum Gasteiger partial charge on any atom is -0.392 e. The number of aromatic nitrogens is 1. The lowest BCUT2D eigenvalue weighted by Crippen LogP contribution is -1.91. The first kappa shape index (κ1) is 13.9. The summed E-state index contributed by atoms with van der Waals surface area (Å²) in [6.45, 7) is -0.131. The van der Waals surface area contributed by atoms with Gasteiger partial charge in [0.05, 0.1) is 27.4 Å². The van der Waals surface area contributed by atoms with Crippen molar-refractivity contribution in [2.75, 3.05) is 0 Å². The number of pyridine rings is 1. The van der Waals surface area contributed by atoms with Crippen LogP contribution in [-0.4, -0.2) is 10.1 Å². The summed E-state index contributed by atoms with van der Waals surface area (Å²) >= 11 is 23.8. The van der Waals surface area contributed by atoms with Crippen LogP contribution < -0.4 is 0 Å². The van der Waals surface area contributed by atoms with E-state index in [9.17, 15) is 0 Å². The lowest BCUT2D eigenvalue weighted by atomic mass is 10.1. The molecule has 0 unspecified atom stereocenters. The topological polar surface area (TPSA) is 33.1 Å². The monoisotopic (exact) mass is 321 g/mol. The molecule has 0 bridgehead atoms. The molecular weight excluding hydrogens is 316 g/mol. The highest BCUT2D eigenvalue weighted by Gasteiger charge is 2.12. The summed E-state index contributed by atoms with van der Waals surface area (Å²) < 4.78 is 0. The molecule has 0 aliphatic heterocycles. The summed E-state index contributed by atoms with van der Waals surface area (Å²) in [4.78, 5) is 4.15. The van der Waals surface area contributed by atoms with Gasteiger partial charge in [-0.25, -0.2) is 4.98 Å². The summed E-state index contributed by atoms with van der Waals surface area (Å²) in [7, 11) is 0. The Bertz CT molecular complexity index is 601. The van der Waals surface area contributed by atoms with Gasteiger partial charge >= 0.3 is 0 Å². The van der Waals surface area contributed by atoms with Gasteiger partial charge in [-0.1, -0.05) is 46.4 Å². The van der Waals surface area contributed by atoms with Gasteiger partial charge in [-0.2, -0.15) is 0 Å². The summed E-state index contributed by atoms with van der Waals surface area (Å²) in [6.07, 6.45) is 0. The van der Waals surface area contributed by atoms with Crippen molar-refractivity contribution >= 4 is 46.4 Å². The molecule has 0 aliphatic rings. The first-order valence-corrected chi connectivity index (χ1v) is 6.45. The number of aliphatic hydroxyl groups excluding tert-OH is 1. The predicted octanol–water partition coefficient (Wildman–Crippen LogP) is 4.85. The third-order valence-corrected chi connectivity index (χ3v) is 3.83. The van der Waals surface area contributed by atoms with E-state index in [-0.39, 0.29) is 16.8 Å². The highest BCUT2D eigenvalue weighted by atomic mass is 35.5. The molecule has 2 rings (SSSR count). The molecule has 0 atom stereocenters. The number of halogens is 4. The third kappa shape index (κ3) is 2.73. The van der Waals surface area contributed by atoms with Gasteiger partial charge in [-0.3, -0.25) is 0 Å². The molecule has 0 fully saturated rings. The molecule has 0 aliphatic carbocycles. The number of benzene rings is 1. The summed E-state index contributed by atoms with van der Waals surface area (Å²) in [5, 5.41) is 10.4. The van der Waals surface area contributed by atoms with Crippen LogP contribution in [0.1, 0.15) is 5.56 Å². The first-order valence-electron chi connectivity index (χ1n) is 4.94. The van der Waals surface area contributed by atoms with E-state index in [0.717, 1.165) is 0 Å². The van der Waals surface area contributed by atoms with Crippen molar-refractivity contribution in [1.82, 2.24) is 4.98 Å². The minimum absolute atomic E-state index is 0.131. The van der Waals surface area contributed by atoms with E-state index in [1.54, 1.807) is 24.3 Å². The van der Waals surface area contributed by atoms with Crippen molar-refractivity contribution in [1.29, 1.82) is 0 Å². The molecule has 1 aromatic heterocycles. The summed E-state index contributed by atoms with van der Waals surface area (Å²) in [5.41, 5.74) is 1.80. The van der Waals surface area contributed by atoms with E-state index >= 15 is 0 Å². The zero-order valence-electron chi connectivity index (χ0n) is 8.92. The smallest absolute Gasteiger partial charge is 0.130 e. The maximum atomic E-state index is 9.13. The number of rotatable bonds is 2. The summed E-state index contributed by atoms with van der Waals surface area (Å²) in [5.74, 6) is 0.